The number of nitrogens with zero attached hydrogens (tertiary/aromatic N) is 2. The molecule has 200 valence electrons. The first-order valence-electron chi connectivity index (χ1n) is 12.1. The number of benzene rings is 1. The van der Waals surface area contributed by atoms with E-state index in [0.717, 1.165) is 10.9 Å². The van der Waals surface area contributed by atoms with Crippen LogP contribution in [-0.2, 0) is 19.1 Å². The number of para-hydroxylation sites is 1. The van der Waals surface area contributed by atoms with Crippen molar-refractivity contribution in [3.05, 3.63) is 36.5 Å². The summed E-state index contributed by atoms with van der Waals surface area (Å²) in [6, 6.07) is 7.90. The van der Waals surface area contributed by atoms with Gasteiger partial charge in [-0.15, -0.1) is 0 Å². The van der Waals surface area contributed by atoms with Gasteiger partial charge in [-0.05, 0) is 60.1 Å². The fourth-order valence-electron chi connectivity index (χ4n) is 3.82. The van der Waals surface area contributed by atoms with Crippen LogP contribution in [-0.4, -0.2) is 70.3 Å². The van der Waals surface area contributed by atoms with Crippen molar-refractivity contribution in [2.24, 2.45) is 0 Å². The van der Waals surface area contributed by atoms with Gasteiger partial charge in [-0.25, -0.2) is 9.59 Å². The smallest absolute Gasteiger partial charge is 0.411 e. The highest BCUT2D eigenvalue weighted by atomic mass is 16.6. The quantitative estimate of drug-likeness (QED) is 0.558. The lowest BCUT2D eigenvalue weighted by Crippen LogP contribution is -2.46. The molecule has 11 nitrogen and oxygen atoms in total. The molecule has 0 spiro atoms. The van der Waals surface area contributed by atoms with E-state index in [1.807, 2.05) is 24.3 Å². The summed E-state index contributed by atoms with van der Waals surface area (Å²) in [7, 11) is 0. The average molecular weight is 514 g/mol. The van der Waals surface area contributed by atoms with Crippen LogP contribution in [0, 0.1) is 0 Å². The average Bonchev–Trinajstić information content (AvgIpc) is 3.19. The van der Waals surface area contributed by atoms with Gasteiger partial charge in [0.05, 0.1) is 17.4 Å². The summed E-state index contributed by atoms with van der Waals surface area (Å²) >= 11 is 0. The fourth-order valence-corrected chi connectivity index (χ4v) is 3.82. The molecule has 2 atom stereocenters. The van der Waals surface area contributed by atoms with Crippen molar-refractivity contribution >= 4 is 40.6 Å². The SMILES string of the molecule is CC(C)(C)OC(=O)NCC(=O)N[C@@H]1C[C@@H](C(=O)Nc2cnc3ccccc3c2)N(C(=O)OC(C)(C)C)C1. The highest BCUT2D eigenvalue weighted by Crippen LogP contribution is 2.24. The minimum absolute atomic E-state index is 0.0706. The molecule has 1 aromatic heterocycles. The van der Waals surface area contributed by atoms with Gasteiger partial charge in [0.25, 0.3) is 0 Å². The van der Waals surface area contributed by atoms with Crippen LogP contribution in [0.5, 0.6) is 0 Å². The summed E-state index contributed by atoms with van der Waals surface area (Å²) in [6.45, 7) is 10.1. The number of aromatic nitrogens is 1. The van der Waals surface area contributed by atoms with Gasteiger partial charge in [0.1, 0.15) is 23.8 Å². The Labute approximate surface area is 216 Å². The second-order valence-electron chi connectivity index (χ2n) is 10.9. The summed E-state index contributed by atoms with van der Waals surface area (Å²) in [6.07, 6.45) is 0.345. The van der Waals surface area contributed by atoms with Crippen molar-refractivity contribution in [2.75, 3.05) is 18.4 Å². The zero-order valence-corrected chi connectivity index (χ0v) is 22.1. The van der Waals surface area contributed by atoms with E-state index in [1.165, 1.54) is 4.90 Å². The van der Waals surface area contributed by atoms with E-state index in [2.05, 4.69) is 20.9 Å². The molecule has 0 bridgehead atoms. The first kappa shape index (κ1) is 27.7. The molecular formula is C26H35N5O6. The van der Waals surface area contributed by atoms with Gasteiger partial charge in [-0.2, -0.15) is 0 Å². The van der Waals surface area contributed by atoms with Crippen molar-refractivity contribution in [2.45, 2.75) is 71.2 Å². The number of ether oxygens (including phenoxy) is 2. The zero-order valence-electron chi connectivity index (χ0n) is 22.1. The predicted molar refractivity (Wildman–Crippen MR) is 138 cm³/mol. The van der Waals surface area contributed by atoms with E-state index in [0.29, 0.717) is 5.69 Å². The summed E-state index contributed by atoms with van der Waals surface area (Å²) in [4.78, 5) is 56.1. The van der Waals surface area contributed by atoms with Gasteiger partial charge in [0.2, 0.25) is 11.8 Å². The summed E-state index contributed by atoms with van der Waals surface area (Å²) in [5.74, 6) is -0.897. The van der Waals surface area contributed by atoms with Gasteiger partial charge >= 0.3 is 12.2 Å². The Balaban J connectivity index is 1.67. The molecule has 2 aromatic rings. The Morgan fingerprint density at radius 1 is 1.03 bits per heavy atom. The molecule has 0 saturated carbocycles. The molecule has 11 heteroatoms. The first-order valence-corrected chi connectivity index (χ1v) is 12.1. The van der Waals surface area contributed by atoms with E-state index >= 15 is 0 Å². The lowest BCUT2D eigenvalue weighted by molar-refractivity contribution is -0.121. The number of amides is 4. The van der Waals surface area contributed by atoms with Crippen molar-refractivity contribution < 1.29 is 28.7 Å². The van der Waals surface area contributed by atoms with E-state index in [4.69, 9.17) is 9.47 Å². The van der Waals surface area contributed by atoms with Gasteiger partial charge in [0.15, 0.2) is 0 Å². The van der Waals surface area contributed by atoms with Gasteiger partial charge < -0.3 is 25.4 Å². The second kappa shape index (κ2) is 11.0. The third-order valence-electron chi connectivity index (χ3n) is 5.25. The first-order chi connectivity index (χ1) is 17.2. The van der Waals surface area contributed by atoms with Crippen LogP contribution in [0.2, 0.25) is 0 Å². The number of hydrogen-bond donors (Lipinski definition) is 3. The van der Waals surface area contributed by atoms with Crippen molar-refractivity contribution in [1.29, 1.82) is 0 Å². The molecule has 0 aliphatic carbocycles. The standard InChI is InChI=1S/C26H35N5O6/c1-25(2,3)36-23(34)28-14-21(32)29-18-12-20(31(15-18)24(35)37-26(4,5)6)22(33)30-17-11-16-9-7-8-10-19(16)27-13-17/h7-11,13,18,20H,12,14-15H2,1-6H3,(H,28,34)(H,29,32)(H,30,33)/t18-,20+/m1/s1. The maximum atomic E-state index is 13.2. The van der Waals surface area contributed by atoms with Crippen LogP contribution in [0.1, 0.15) is 48.0 Å². The number of pyridine rings is 1. The number of carbonyl (C=O) groups is 4. The number of anilines is 1. The number of hydrogen-bond acceptors (Lipinski definition) is 7. The van der Waals surface area contributed by atoms with Gasteiger partial charge in [-0.1, -0.05) is 18.2 Å². The monoisotopic (exact) mass is 513 g/mol. The van der Waals surface area contributed by atoms with E-state index in [1.54, 1.807) is 53.8 Å². The third kappa shape index (κ3) is 8.33. The van der Waals surface area contributed by atoms with Gasteiger partial charge in [-0.3, -0.25) is 19.5 Å². The molecular weight excluding hydrogens is 478 g/mol. The molecule has 1 aliphatic heterocycles. The largest absolute Gasteiger partial charge is 0.444 e. The summed E-state index contributed by atoms with van der Waals surface area (Å²) in [5, 5.41) is 8.84. The molecule has 4 amide bonds. The molecule has 0 radical (unpaired) electrons. The molecule has 3 N–H and O–H groups in total. The molecule has 3 rings (SSSR count). The maximum absolute atomic E-state index is 13.2. The maximum Gasteiger partial charge on any atom is 0.411 e. The van der Waals surface area contributed by atoms with Crippen LogP contribution in [0.15, 0.2) is 36.5 Å². The summed E-state index contributed by atoms with van der Waals surface area (Å²) in [5.41, 5.74) is -0.179. The van der Waals surface area contributed by atoms with Crippen molar-refractivity contribution in [1.82, 2.24) is 20.5 Å². The lowest BCUT2D eigenvalue weighted by Gasteiger charge is -2.28. The minimum atomic E-state index is -0.884. The highest BCUT2D eigenvalue weighted by molar-refractivity contribution is 5.98. The Hall–Kier alpha value is -3.89. The molecule has 1 aromatic carbocycles. The number of carbonyl (C=O) groups excluding carboxylic acids is 4. The lowest BCUT2D eigenvalue weighted by atomic mass is 10.1. The molecule has 0 unspecified atom stereocenters. The minimum Gasteiger partial charge on any atom is -0.444 e. The second-order valence-corrected chi connectivity index (χ2v) is 10.9. The van der Waals surface area contributed by atoms with Crippen LogP contribution >= 0.6 is 0 Å². The molecule has 2 heterocycles. The number of likely N-dealkylation sites (tertiary alicyclic amines) is 1. The van der Waals surface area contributed by atoms with Crippen LogP contribution in [0.3, 0.4) is 0 Å². The number of rotatable bonds is 5. The molecule has 1 fully saturated rings. The topological polar surface area (TPSA) is 139 Å². The predicted octanol–water partition coefficient (Wildman–Crippen LogP) is 3.19. The third-order valence-corrected chi connectivity index (χ3v) is 5.25. The Kier molecular flexibility index (Phi) is 8.25. The van der Waals surface area contributed by atoms with E-state index in [-0.39, 0.29) is 19.5 Å². The number of nitrogens with one attached hydrogen (secondary N) is 3. The Morgan fingerprint density at radius 2 is 1.70 bits per heavy atom. The number of fused-ring (bicyclic) bond motifs is 1. The van der Waals surface area contributed by atoms with Crippen molar-refractivity contribution in [3.63, 3.8) is 0 Å². The number of alkyl carbamates (subject to hydrolysis) is 1. The van der Waals surface area contributed by atoms with E-state index in [9.17, 15) is 19.2 Å². The van der Waals surface area contributed by atoms with Gasteiger partial charge in [0, 0.05) is 18.0 Å². The van der Waals surface area contributed by atoms with E-state index < -0.39 is 47.3 Å². The van der Waals surface area contributed by atoms with Crippen molar-refractivity contribution in [3.8, 4) is 0 Å². The van der Waals surface area contributed by atoms with Crippen LogP contribution in [0.4, 0.5) is 15.3 Å². The Bertz CT molecular complexity index is 1170. The molecule has 37 heavy (non-hydrogen) atoms. The normalized spacial score (nSPS) is 17.7. The Morgan fingerprint density at radius 3 is 2.38 bits per heavy atom. The van der Waals surface area contributed by atoms with Crippen LogP contribution < -0.4 is 16.0 Å². The summed E-state index contributed by atoms with van der Waals surface area (Å²) < 4.78 is 10.6. The van der Waals surface area contributed by atoms with Crippen LogP contribution in [0.25, 0.3) is 10.9 Å². The molecule has 1 aliphatic rings. The highest BCUT2D eigenvalue weighted by Gasteiger charge is 2.42. The molecule has 1 saturated heterocycles. The zero-order chi connectivity index (χ0) is 27.4. The fraction of sp³-hybridized carbons (Fsp3) is 0.500.